The van der Waals surface area contributed by atoms with Crippen LogP contribution in [0.4, 0.5) is 0 Å². The fourth-order valence-electron chi connectivity index (χ4n) is 3.72. The number of rotatable bonds is 2. The van der Waals surface area contributed by atoms with Crippen molar-refractivity contribution >= 4 is 0 Å². The van der Waals surface area contributed by atoms with Crippen LogP contribution in [-0.4, -0.2) is 48.5 Å². The van der Waals surface area contributed by atoms with E-state index < -0.39 is 0 Å². The number of nitrogens with zero attached hydrogens (tertiary/aromatic N) is 1. The van der Waals surface area contributed by atoms with Crippen molar-refractivity contribution < 1.29 is 9.84 Å². The van der Waals surface area contributed by atoms with Gasteiger partial charge in [-0.05, 0) is 50.5 Å². The van der Waals surface area contributed by atoms with Crippen molar-refractivity contribution in [3.63, 3.8) is 0 Å². The zero-order valence-electron chi connectivity index (χ0n) is 13.1. The van der Waals surface area contributed by atoms with Gasteiger partial charge in [0.05, 0.1) is 6.10 Å². The normalized spacial score (nSPS) is 34.7. The lowest BCUT2D eigenvalue weighted by atomic mass is 9.69. The highest BCUT2D eigenvalue weighted by Gasteiger charge is 2.38. The lowest BCUT2D eigenvalue weighted by Crippen LogP contribution is -2.52. The summed E-state index contributed by atoms with van der Waals surface area (Å²) in [6, 6.07) is 0.924. The van der Waals surface area contributed by atoms with E-state index in [0.29, 0.717) is 17.5 Å². The molecular formula is C16H31NO2. The highest BCUT2D eigenvalue weighted by molar-refractivity contribution is 4.92. The molecule has 0 aromatic rings. The van der Waals surface area contributed by atoms with E-state index in [1.807, 2.05) is 0 Å². The molecule has 0 amide bonds. The summed E-state index contributed by atoms with van der Waals surface area (Å²) >= 11 is 0. The molecule has 1 saturated carbocycles. The van der Waals surface area contributed by atoms with E-state index in [1.54, 1.807) is 0 Å². The lowest BCUT2D eigenvalue weighted by molar-refractivity contribution is -0.0441. The molecule has 3 unspecified atom stereocenters. The van der Waals surface area contributed by atoms with Gasteiger partial charge in [0, 0.05) is 25.3 Å². The van der Waals surface area contributed by atoms with Gasteiger partial charge in [-0.2, -0.15) is 0 Å². The Labute approximate surface area is 118 Å². The van der Waals surface area contributed by atoms with E-state index in [2.05, 4.69) is 32.7 Å². The van der Waals surface area contributed by atoms with Gasteiger partial charge in [-0.15, -0.1) is 0 Å². The first-order valence-electron chi connectivity index (χ1n) is 7.87. The van der Waals surface area contributed by atoms with Crippen LogP contribution in [0.1, 0.15) is 52.9 Å². The molecule has 19 heavy (non-hydrogen) atoms. The Balaban J connectivity index is 1.99. The van der Waals surface area contributed by atoms with Crippen LogP contribution < -0.4 is 0 Å². The van der Waals surface area contributed by atoms with Gasteiger partial charge in [0.25, 0.3) is 0 Å². The van der Waals surface area contributed by atoms with Gasteiger partial charge in [0.2, 0.25) is 0 Å². The summed E-state index contributed by atoms with van der Waals surface area (Å²) in [6.07, 6.45) is 5.34. The van der Waals surface area contributed by atoms with Crippen LogP contribution in [0.5, 0.6) is 0 Å². The second-order valence-electron chi connectivity index (χ2n) is 7.52. The minimum absolute atomic E-state index is 0.147. The summed E-state index contributed by atoms with van der Waals surface area (Å²) in [4.78, 5) is 2.45. The number of hydrogen-bond acceptors (Lipinski definition) is 3. The molecule has 2 fully saturated rings. The molecule has 1 aliphatic heterocycles. The van der Waals surface area contributed by atoms with Gasteiger partial charge in [-0.3, -0.25) is 4.90 Å². The van der Waals surface area contributed by atoms with Crippen molar-refractivity contribution in [2.75, 3.05) is 20.3 Å². The van der Waals surface area contributed by atoms with E-state index in [-0.39, 0.29) is 6.10 Å². The minimum Gasteiger partial charge on any atom is -0.391 e. The van der Waals surface area contributed by atoms with Crippen LogP contribution in [0, 0.1) is 11.3 Å². The van der Waals surface area contributed by atoms with Crippen molar-refractivity contribution in [3.8, 4) is 0 Å². The fourth-order valence-corrected chi connectivity index (χ4v) is 3.72. The Kier molecular flexibility index (Phi) is 4.91. The van der Waals surface area contributed by atoms with Crippen molar-refractivity contribution in [1.82, 2.24) is 4.90 Å². The molecule has 2 rings (SSSR count). The summed E-state index contributed by atoms with van der Waals surface area (Å²) in [7, 11) is 2.20. The summed E-state index contributed by atoms with van der Waals surface area (Å²) in [6.45, 7) is 8.75. The van der Waals surface area contributed by atoms with Crippen LogP contribution in [0.25, 0.3) is 0 Å². The molecule has 1 N–H and O–H groups in total. The lowest BCUT2D eigenvalue weighted by Gasteiger charge is -2.46. The Hall–Kier alpha value is -0.120. The highest BCUT2D eigenvalue weighted by atomic mass is 16.5. The third-order valence-electron chi connectivity index (χ3n) is 5.30. The van der Waals surface area contributed by atoms with Crippen molar-refractivity contribution in [2.24, 2.45) is 11.3 Å². The second-order valence-corrected chi connectivity index (χ2v) is 7.52. The van der Waals surface area contributed by atoms with E-state index in [9.17, 15) is 5.11 Å². The molecule has 3 atom stereocenters. The Morgan fingerprint density at radius 3 is 2.26 bits per heavy atom. The third kappa shape index (κ3) is 3.71. The monoisotopic (exact) mass is 269 g/mol. The van der Waals surface area contributed by atoms with Gasteiger partial charge >= 0.3 is 0 Å². The fraction of sp³-hybridized carbons (Fsp3) is 1.00. The van der Waals surface area contributed by atoms with E-state index in [0.717, 1.165) is 44.8 Å². The maximum atomic E-state index is 10.4. The number of aliphatic hydroxyl groups is 1. The predicted molar refractivity (Wildman–Crippen MR) is 78.2 cm³/mol. The van der Waals surface area contributed by atoms with E-state index in [4.69, 9.17) is 4.74 Å². The second kappa shape index (κ2) is 6.11. The molecule has 0 aromatic heterocycles. The zero-order valence-corrected chi connectivity index (χ0v) is 13.1. The van der Waals surface area contributed by atoms with Crippen LogP contribution in [0.15, 0.2) is 0 Å². The molecular weight excluding hydrogens is 238 g/mol. The maximum absolute atomic E-state index is 10.4. The third-order valence-corrected chi connectivity index (χ3v) is 5.30. The van der Waals surface area contributed by atoms with Crippen LogP contribution in [-0.2, 0) is 4.74 Å². The SMILES string of the molecule is CN(C1CCOCC1)C1CC(C(C)(C)C)CCC1O. The van der Waals surface area contributed by atoms with E-state index in [1.165, 1.54) is 6.42 Å². The average Bonchev–Trinajstić information content (AvgIpc) is 2.38. The number of aliphatic hydroxyl groups excluding tert-OH is 1. The first kappa shape index (κ1) is 15.3. The number of likely N-dealkylation sites (N-methyl/N-ethyl adjacent to an activating group) is 1. The largest absolute Gasteiger partial charge is 0.391 e. The van der Waals surface area contributed by atoms with Gasteiger partial charge in [0.15, 0.2) is 0 Å². The summed E-state index contributed by atoms with van der Waals surface area (Å²) in [5.41, 5.74) is 0.356. The van der Waals surface area contributed by atoms with Gasteiger partial charge in [-0.25, -0.2) is 0 Å². The molecule has 0 bridgehead atoms. The zero-order chi connectivity index (χ0) is 14.0. The topological polar surface area (TPSA) is 32.7 Å². The highest BCUT2D eigenvalue weighted by Crippen LogP contribution is 2.39. The molecule has 0 spiro atoms. The molecule has 3 heteroatoms. The minimum atomic E-state index is -0.147. The summed E-state index contributed by atoms with van der Waals surface area (Å²) in [5, 5.41) is 10.4. The van der Waals surface area contributed by atoms with Gasteiger partial charge in [-0.1, -0.05) is 20.8 Å². The number of ether oxygens (including phenoxy) is 1. The molecule has 1 heterocycles. The van der Waals surface area contributed by atoms with Crippen LogP contribution in [0.3, 0.4) is 0 Å². The molecule has 1 saturated heterocycles. The van der Waals surface area contributed by atoms with Crippen LogP contribution in [0.2, 0.25) is 0 Å². The Morgan fingerprint density at radius 1 is 1.05 bits per heavy atom. The van der Waals surface area contributed by atoms with Gasteiger partial charge in [0.1, 0.15) is 0 Å². The quantitative estimate of drug-likeness (QED) is 0.836. The van der Waals surface area contributed by atoms with Crippen molar-refractivity contribution in [2.45, 2.75) is 71.1 Å². The molecule has 3 nitrogen and oxygen atoms in total. The van der Waals surface area contributed by atoms with Crippen molar-refractivity contribution in [3.05, 3.63) is 0 Å². The van der Waals surface area contributed by atoms with Crippen LogP contribution >= 0.6 is 0 Å². The predicted octanol–water partition coefficient (Wildman–Crippen LogP) is 2.67. The van der Waals surface area contributed by atoms with Gasteiger partial charge < -0.3 is 9.84 Å². The molecule has 0 aromatic carbocycles. The summed E-state index contributed by atoms with van der Waals surface area (Å²) in [5.74, 6) is 0.725. The number of hydrogen-bond donors (Lipinski definition) is 1. The molecule has 112 valence electrons. The molecule has 0 radical (unpaired) electrons. The first-order chi connectivity index (χ1) is 8.89. The standard InChI is InChI=1S/C16H31NO2/c1-16(2,3)12-5-6-15(18)14(11-12)17(4)13-7-9-19-10-8-13/h12-15,18H,5-11H2,1-4H3. The molecule has 2 aliphatic rings. The van der Waals surface area contributed by atoms with E-state index >= 15 is 0 Å². The first-order valence-corrected chi connectivity index (χ1v) is 7.87. The summed E-state index contributed by atoms with van der Waals surface area (Å²) < 4.78 is 5.45. The van der Waals surface area contributed by atoms with Crippen molar-refractivity contribution in [1.29, 1.82) is 0 Å². The smallest absolute Gasteiger partial charge is 0.0695 e. The average molecular weight is 269 g/mol. The molecule has 1 aliphatic carbocycles. The maximum Gasteiger partial charge on any atom is 0.0695 e. The Morgan fingerprint density at radius 2 is 1.68 bits per heavy atom. The Bertz CT molecular complexity index is 281.